The van der Waals surface area contributed by atoms with E-state index < -0.39 is 12.1 Å². The van der Waals surface area contributed by atoms with Crippen molar-refractivity contribution in [1.82, 2.24) is 5.32 Å². The van der Waals surface area contributed by atoms with E-state index in [2.05, 4.69) is 92.1 Å². The second-order valence-corrected chi connectivity index (χ2v) is 21.1. The van der Waals surface area contributed by atoms with Gasteiger partial charge in [-0.05, 0) is 83.5 Å². The van der Waals surface area contributed by atoms with Gasteiger partial charge < -0.3 is 15.5 Å². The lowest BCUT2D eigenvalue weighted by Gasteiger charge is -2.19. The summed E-state index contributed by atoms with van der Waals surface area (Å²) in [5.74, 6) is -0.0742. The molecule has 0 aliphatic rings. The minimum atomic E-state index is -0.872. The molecule has 0 aromatic carbocycles. The van der Waals surface area contributed by atoms with Crippen LogP contribution in [0.3, 0.4) is 0 Å². The Morgan fingerprint density at radius 3 is 0.986 bits per heavy atom. The van der Waals surface area contributed by atoms with Gasteiger partial charge in [-0.3, -0.25) is 4.79 Å². The van der Waals surface area contributed by atoms with Gasteiger partial charge in [0.15, 0.2) is 0 Å². The maximum Gasteiger partial charge on any atom is 0.220 e. The van der Waals surface area contributed by atoms with Gasteiger partial charge in [0.05, 0.1) is 18.8 Å². The number of amides is 1. The Morgan fingerprint density at radius 2 is 0.634 bits per heavy atom. The largest absolute Gasteiger partial charge is 0.394 e. The molecule has 2 atom stereocenters. The fourth-order valence-electron chi connectivity index (χ4n) is 9.38. The number of unbranched alkanes of at least 4 members (excludes halogenated alkanes) is 38. The molecule has 2 unspecified atom stereocenters. The number of aliphatic hydroxyl groups excluding tert-OH is 2. The van der Waals surface area contributed by atoms with Crippen LogP contribution in [0.25, 0.3) is 0 Å². The molecule has 0 bridgehead atoms. The number of carbonyl (C=O) groups excluding carboxylic acids is 1. The number of hydrogen-bond donors (Lipinski definition) is 3. The molecule has 0 heterocycles. The molecule has 0 spiro atoms. The molecule has 71 heavy (non-hydrogen) atoms. The van der Waals surface area contributed by atoms with Crippen LogP contribution in [0.1, 0.15) is 316 Å². The number of carbonyl (C=O) groups is 1. The van der Waals surface area contributed by atoms with Crippen molar-refractivity contribution < 1.29 is 15.0 Å². The summed E-state index contributed by atoms with van der Waals surface area (Å²) in [6.45, 7) is 4.20. The van der Waals surface area contributed by atoms with Gasteiger partial charge in [0.25, 0.3) is 0 Å². The topological polar surface area (TPSA) is 69.6 Å². The predicted molar refractivity (Wildman–Crippen MR) is 317 cm³/mol. The lowest BCUT2D eigenvalue weighted by Crippen LogP contribution is -2.45. The number of hydrogen-bond acceptors (Lipinski definition) is 3. The van der Waals surface area contributed by atoms with Crippen molar-refractivity contribution in [3.8, 4) is 0 Å². The fraction of sp³-hybridized carbons (Fsp3) is 0.776. The van der Waals surface area contributed by atoms with Gasteiger partial charge >= 0.3 is 0 Å². The first kappa shape index (κ1) is 68.6. The Morgan fingerprint density at radius 1 is 0.352 bits per heavy atom. The van der Waals surface area contributed by atoms with E-state index in [4.69, 9.17) is 0 Å². The summed E-state index contributed by atoms with van der Waals surface area (Å²) in [5, 5.41) is 23.2. The SMILES string of the molecule is CC/C=C\C/C=C\C/C=C\C/C=C\CCCCCCCCCCCCCCCCCCCCCCCCCCCCC(=O)NC(CO)C(O)/C=C/CC/C=C/CC/C=C/CCCCCCCCCCCC. The molecule has 0 rings (SSSR count). The van der Waals surface area contributed by atoms with Gasteiger partial charge in [0.1, 0.15) is 0 Å². The fourth-order valence-corrected chi connectivity index (χ4v) is 9.38. The predicted octanol–water partition coefficient (Wildman–Crippen LogP) is 21.1. The van der Waals surface area contributed by atoms with Crippen molar-refractivity contribution in [1.29, 1.82) is 0 Å². The number of aliphatic hydroxyl groups is 2. The summed E-state index contributed by atoms with van der Waals surface area (Å²) in [5.41, 5.74) is 0. The lowest BCUT2D eigenvalue weighted by atomic mass is 10.0. The highest BCUT2D eigenvalue weighted by molar-refractivity contribution is 5.76. The quantitative estimate of drug-likeness (QED) is 0.0420. The first-order valence-corrected chi connectivity index (χ1v) is 31.3. The van der Waals surface area contributed by atoms with Gasteiger partial charge in [-0.1, -0.05) is 311 Å². The molecular formula is C67H121NO3. The van der Waals surface area contributed by atoms with Crippen LogP contribution in [-0.2, 0) is 4.79 Å². The van der Waals surface area contributed by atoms with Crippen LogP contribution < -0.4 is 5.32 Å². The highest BCUT2D eigenvalue weighted by Gasteiger charge is 2.18. The molecular weight excluding hydrogens is 867 g/mol. The first-order chi connectivity index (χ1) is 35.2. The number of allylic oxidation sites excluding steroid dienone is 13. The van der Waals surface area contributed by atoms with Gasteiger partial charge in [-0.25, -0.2) is 0 Å². The molecule has 0 aliphatic carbocycles. The molecule has 1 amide bonds. The summed E-state index contributed by atoms with van der Waals surface area (Å²) in [4.78, 5) is 12.5. The minimum absolute atomic E-state index is 0.0742. The van der Waals surface area contributed by atoms with Crippen molar-refractivity contribution in [3.05, 3.63) is 85.1 Å². The summed E-state index contributed by atoms with van der Waals surface area (Å²) in [6.07, 6.45) is 90.7. The van der Waals surface area contributed by atoms with E-state index in [0.717, 1.165) is 64.2 Å². The second kappa shape index (κ2) is 61.9. The van der Waals surface area contributed by atoms with E-state index >= 15 is 0 Å². The smallest absolute Gasteiger partial charge is 0.220 e. The molecule has 412 valence electrons. The molecule has 3 N–H and O–H groups in total. The van der Waals surface area contributed by atoms with Crippen LogP contribution >= 0.6 is 0 Å². The maximum atomic E-state index is 12.5. The van der Waals surface area contributed by atoms with Gasteiger partial charge in [0, 0.05) is 6.42 Å². The molecule has 0 fully saturated rings. The van der Waals surface area contributed by atoms with Gasteiger partial charge in [-0.15, -0.1) is 0 Å². The third-order valence-electron chi connectivity index (χ3n) is 14.1. The molecule has 0 radical (unpaired) electrons. The molecule has 4 nitrogen and oxygen atoms in total. The highest BCUT2D eigenvalue weighted by Crippen LogP contribution is 2.17. The average molecular weight is 989 g/mol. The van der Waals surface area contributed by atoms with Crippen LogP contribution in [0, 0.1) is 0 Å². The van der Waals surface area contributed by atoms with E-state index in [-0.39, 0.29) is 12.5 Å². The van der Waals surface area contributed by atoms with Crippen LogP contribution in [0.4, 0.5) is 0 Å². The maximum absolute atomic E-state index is 12.5. The molecule has 0 saturated heterocycles. The first-order valence-electron chi connectivity index (χ1n) is 31.3. The zero-order chi connectivity index (χ0) is 51.3. The second-order valence-electron chi connectivity index (χ2n) is 21.1. The number of rotatable bonds is 57. The van der Waals surface area contributed by atoms with Crippen LogP contribution in [0.5, 0.6) is 0 Å². The molecule has 0 saturated carbocycles. The van der Waals surface area contributed by atoms with Crippen molar-refractivity contribution in [2.24, 2.45) is 0 Å². The molecule has 0 aliphatic heterocycles. The summed E-state index contributed by atoms with van der Waals surface area (Å²) in [6, 6.07) is -0.647. The third kappa shape index (κ3) is 58.3. The Labute approximate surface area is 443 Å². The Balaban J connectivity index is 3.46. The highest BCUT2D eigenvalue weighted by atomic mass is 16.3. The summed E-state index contributed by atoms with van der Waals surface area (Å²) < 4.78 is 0. The van der Waals surface area contributed by atoms with E-state index in [1.807, 2.05) is 6.08 Å². The van der Waals surface area contributed by atoms with Crippen molar-refractivity contribution >= 4 is 5.91 Å². The van der Waals surface area contributed by atoms with Crippen LogP contribution in [0.2, 0.25) is 0 Å². The van der Waals surface area contributed by atoms with E-state index in [0.29, 0.717) is 6.42 Å². The molecule has 0 aromatic rings. The van der Waals surface area contributed by atoms with Crippen LogP contribution in [0.15, 0.2) is 85.1 Å². The molecule has 4 heteroatoms. The average Bonchev–Trinajstić information content (AvgIpc) is 3.37. The summed E-state index contributed by atoms with van der Waals surface area (Å²) >= 11 is 0. The standard InChI is InChI=1S/C67H121NO3/c1-3-5-7-9-11-13-15-17-19-21-23-25-26-27-28-29-30-31-32-33-34-35-36-37-38-39-40-41-42-43-45-47-49-51-53-55-57-59-61-63-67(71)68-65(64-69)66(70)62-60-58-56-54-52-50-48-46-44-24-22-20-18-16-14-12-10-8-6-4-2/h5,7,11,13,17,19,23,25,44,46,52,54,60,62,65-66,69-70H,3-4,6,8-10,12,14-16,18,20-22,24,26-43,45,47-51,53,55-59,61,63-64H2,1-2H3,(H,68,71)/b7-5-,13-11-,19-17-,25-23-,46-44+,54-52+,62-60+. The van der Waals surface area contributed by atoms with E-state index in [9.17, 15) is 15.0 Å². The monoisotopic (exact) mass is 988 g/mol. The van der Waals surface area contributed by atoms with Crippen molar-refractivity contribution in [3.63, 3.8) is 0 Å². The van der Waals surface area contributed by atoms with Crippen molar-refractivity contribution in [2.45, 2.75) is 328 Å². The zero-order valence-electron chi connectivity index (χ0n) is 47.5. The summed E-state index contributed by atoms with van der Waals surface area (Å²) in [7, 11) is 0. The number of nitrogens with one attached hydrogen (secondary N) is 1. The molecule has 0 aromatic heterocycles. The Bertz CT molecular complexity index is 1260. The van der Waals surface area contributed by atoms with E-state index in [1.165, 1.54) is 231 Å². The Kier molecular flexibility index (Phi) is 59.8. The lowest BCUT2D eigenvalue weighted by molar-refractivity contribution is -0.123. The van der Waals surface area contributed by atoms with Gasteiger partial charge in [0.2, 0.25) is 5.91 Å². The van der Waals surface area contributed by atoms with Crippen LogP contribution in [-0.4, -0.2) is 34.9 Å². The normalized spacial score (nSPS) is 13.4. The Hall–Kier alpha value is -2.43. The minimum Gasteiger partial charge on any atom is -0.394 e. The third-order valence-corrected chi connectivity index (χ3v) is 14.1. The van der Waals surface area contributed by atoms with E-state index in [1.54, 1.807) is 6.08 Å². The zero-order valence-corrected chi connectivity index (χ0v) is 47.5. The van der Waals surface area contributed by atoms with Crippen molar-refractivity contribution in [2.75, 3.05) is 6.61 Å². The van der Waals surface area contributed by atoms with Gasteiger partial charge in [-0.2, -0.15) is 0 Å².